The van der Waals surface area contributed by atoms with E-state index in [9.17, 15) is 0 Å². The molecule has 1 atom stereocenters. The molecule has 94 valence electrons. The van der Waals surface area contributed by atoms with Crippen LogP contribution >= 0.6 is 0 Å². The van der Waals surface area contributed by atoms with E-state index in [0.717, 1.165) is 17.9 Å². The molecule has 0 amide bonds. The Labute approximate surface area is 104 Å². The van der Waals surface area contributed by atoms with Crippen molar-refractivity contribution in [2.75, 3.05) is 31.2 Å². The Morgan fingerprint density at radius 3 is 2.94 bits per heavy atom. The number of piperidine rings is 1. The molecule has 0 radical (unpaired) electrons. The Morgan fingerprint density at radius 2 is 2.24 bits per heavy atom. The predicted octanol–water partition coefficient (Wildman–Crippen LogP) is 2.47. The lowest BCUT2D eigenvalue weighted by Gasteiger charge is -2.33. The number of anilines is 2. The molecule has 1 aliphatic rings. The van der Waals surface area contributed by atoms with Crippen LogP contribution in [0.4, 0.5) is 11.4 Å². The second-order valence-electron chi connectivity index (χ2n) is 5.05. The van der Waals surface area contributed by atoms with Crippen LogP contribution in [0.5, 0.6) is 0 Å². The average Bonchev–Trinajstić information content (AvgIpc) is 2.30. The van der Waals surface area contributed by atoms with Crippen LogP contribution in [-0.4, -0.2) is 31.1 Å². The van der Waals surface area contributed by atoms with Crippen molar-refractivity contribution in [3.63, 3.8) is 0 Å². The van der Waals surface area contributed by atoms with E-state index in [1.807, 2.05) is 12.1 Å². The van der Waals surface area contributed by atoms with E-state index >= 15 is 0 Å². The third-order valence-corrected chi connectivity index (χ3v) is 3.74. The van der Waals surface area contributed by atoms with Gasteiger partial charge < -0.3 is 16.0 Å². The molecule has 0 spiro atoms. The average molecular weight is 233 g/mol. The van der Waals surface area contributed by atoms with Crippen molar-refractivity contribution in [1.82, 2.24) is 4.90 Å². The summed E-state index contributed by atoms with van der Waals surface area (Å²) in [4.78, 5) is 2.45. The van der Waals surface area contributed by atoms with Crippen molar-refractivity contribution in [3.05, 3.63) is 23.8 Å². The quantitative estimate of drug-likeness (QED) is 0.788. The van der Waals surface area contributed by atoms with Crippen molar-refractivity contribution >= 4 is 11.4 Å². The molecule has 2 rings (SSSR count). The number of likely N-dealkylation sites (tertiary alicyclic amines) is 1. The van der Waals surface area contributed by atoms with E-state index in [2.05, 4.69) is 30.3 Å². The first kappa shape index (κ1) is 12.2. The first-order chi connectivity index (χ1) is 8.18. The molecule has 17 heavy (non-hydrogen) atoms. The zero-order valence-electron chi connectivity index (χ0n) is 10.9. The second kappa shape index (κ2) is 5.41. The summed E-state index contributed by atoms with van der Waals surface area (Å²) in [5, 5.41) is 3.51. The third-order valence-electron chi connectivity index (χ3n) is 3.74. The number of para-hydroxylation sites is 1. The van der Waals surface area contributed by atoms with Gasteiger partial charge in [0.2, 0.25) is 0 Å². The van der Waals surface area contributed by atoms with Crippen LogP contribution in [0.2, 0.25) is 0 Å². The van der Waals surface area contributed by atoms with Gasteiger partial charge in [0.25, 0.3) is 0 Å². The Bertz CT molecular complexity index is 355. The second-order valence-corrected chi connectivity index (χ2v) is 5.05. The fourth-order valence-corrected chi connectivity index (χ4v) is 2.55. The summed E-state index contributed by atoms with van der Waals surface area (Å²) in [5.74, 6) is 0. The van der Waals surface area contributed by atoms with Crippen LogP contribution in [0.15, 0.2) is 18.2 Å². The van der Waals surface area contributed by atoms with Crippen LogP contribution < -0.4 is 11.1 Å². The van der Waals surface area contributed by atoms with Gasteiger partial charge in [-0.25, -0.2) is 0 Å². The van der Waals surface area contributed by atoms with Crippen molar-refractivity contribution < 1.29 is 0 Å². The maximum Gasteiger partial charge on any atom is 0.0604 e. The molecule has 1 aliphatic heterocycles. The van der Waals surface area contributed by atoms with Gasteiger partial charge in [0.1, 0.15) is 0 Å². The molecule has 3 heteroatoms. The highest BCUT2D eigenvalue weighted by atomic mass is 15.2. The molecule has 0 saturated carbocycles. The van der Waals surface area contributed by atoms with E-state index < -0.39 is 0 Å². The van der Waals surface area contributed by atoms with Gasteiger partial charge in [0, 0.05) is 12.6 Å². The van der Waals surface area contributed by atoms with Crippen molar-refractivity contribution in [1.29, 1.82) is 0 Å². The number of nitrogens with one attached hydrogen (secondary N) is 1. The minimum absolute atomic E-state index is 0.641. The third kappa shape index (κ3) is 2.91. The van der Waals surface area contributed by atoms with Gasteiger partial charge >= 0.3 is 0 Å². The summed E-state index contributed by atoms with van der Waals surface area (Å²) in [5.41, 5.74) is 9.17. The molecular weight excluding hydrogens is 210 g/mol. The summed E-state index contributed by atoms with van der Waals surface area (Å²) < 4.78 is 0. The Kier molecular flexibility index (Phi) is 3.89. The predicted molar refractivity (Wildman–Crippen MR) is 74.4 cm³/mol. The molecule has 1 unspecified atom stereocenters. The Hall–Kier alpha value is -1.22. The minimum atomic E-state index is 0.641. The largest absolute Gasteiger partial charge is 0.397 e. The summed E-state index contributed by atoms with van der Waals surface area (Å²) >= 11 is 0. The first-order valence-corrected chi connectivity index (χ1v) is 6.47. The topological polar surface area (TPSA) is 41.3 Å². The maximum atomic E-state index is 6.00. The summed E-state index contributed by atoms with van der Waals surface area (Å²) in [6.45, 7) is 4.31. The van der Waals surface area contributed by atoms with Crippen LogP contribution in [0.1, 0.15) is 24.8 Å². The highest BCUT2D eigenvalue weighted by Gasteiger charge is 2.18. The Balaban J connectivity index is 1.97. The maximum absolute atomic E-state index is 6.00. The van der Waals surface area contributed by atoms with E-state index in [1.165, 1.54) is 31.4 Å². The Morgan fingerprint density at radius 1 is 1.41 bits per heavy atom. The SMILES string of the molecule is Cc1cccc(N)c1NCC1CCCCN1C. The molecule has 1 heterocycles. The van der Waals surface area contributed by atoms with Gasteiger partial charge in [-0.15, -0.1) is 0 Å². The van der Waals surface area contributed by atoms with Crippen molar-refractivity contribution in [2.45, 2.75) is 32.2 Å². The molecule has 1 fully saturated rings. The molecule has 0 bridgehead atoms. The molecule has 0 aromatic heterocycles. The zero-order valence-corrected chi connectivity index (χ0v) is 10.9. The van der Waals surface area contributed by atoms with Gasteiger partial charge in [0.05, 0.1) is 11.4 Å². The van der Waals surface area contributed by atoms with E-state index in [4.69, 9.17) is 5.73 Å². The van der Waals surface area contributed by atoms with Crippen LogP contribution in [-0.2, 0) is 0 Å². The van der Waals surface area contributed by atoms with Gasteiger partial charge in [-0.05, 0) is 45.0 Å². The van der Waals surface area contributed by atoms with Crippen LogP contribution in [0.3, 0.4) is 0 Å². The van der Waals surface area contributed by atoms with E-state index in [0.29, 0.717) is 6.04 Å². The molecule has 1 saturated heterocycles. The summed E-state index contributed by atoms with van der Waals surface area (Å²) in [6.07, 6.45) is 3.97. The summed E-state index contributed by atoms with van der Waals surface area (Å²) in [7, 11) is 2.21. The summed E-state index contributed by atoms with van der Waals surface area (Å²) in [6, 6.07) is 6.70. The number of nitrogen functional groups attached to an aromatic ring is 1. The van der Waals surface area contributed by atoms with E-state index in [1.54, 1.807) is 0 Å². The van der Waals surface area contributed by atoms with E-state index in [-0.39, 0.29) is 0 Å². The number of hydrogen-bond acceptors (Lipinski definition) is 3. The molecule has 0 aliphatic carbocycles. The first-order valence-electron chi connectivity index (χ1n) is 6.47. The molecule has 1 aromatic rings. The lowest BCUT2D eigenvalue weighted by molar-refractivity contribution is 0.194. The lowest BCUT2D eigenvalue weighted by Crippen LogP contribution is -2.40. The number of rotatable bonds is 3. The number of aryl methyl sites for hydroxylation is 1. The highest BCUT2D eigenvalue weighted by molar-refractivity contribution is 5.69. The number of nitrogens with zero attached hydrogens (tertiary/aromatic N) is 1. The van der Waals surface area contributed by atoms with Gasteiger partial charge in [-0.1, -0.05) is 18.6 Å². The smallest absolute Gasteiger partial charge is 0.0604 e. The van der Waals surface area contributed by atoms with Gasteiger partial charge in [0.15, 0.2) is 0 Å². The number of hydrogen-bond donors (Lipinski definition) is 2. The highest BCUT2D eigenvalue weighted by Crippen LogP contribution is 2.23. The normalized spacial score (nSPS) is 21.4. The van der Waals surface area contributed by atoms with Crippen LogP contribution in [0.25, 0.3) is 0 Å². The zero-order chi connectivity index (χ0) is 12.3. The fraction of sp³-hybridized carbons (Fsp3) is 0.571. The standard InChI is InChI=1S/C14H23N3/c1-11-6-5-8-13(15)14(11)16-10-12-7-3-4-9-17(12)2/h5-6,8,12,16H,3-4,7,9-10,15H2,1-2H3. The monoisotopic (exact) mass is 233 g/mol. The van der Waals surface area contributed by atoms with Gasteiger partial charge in [-0.2, -0.15) is 0 Å². The molecule has 3 N–H and O–H groups in total. The van der Waals surface area contributed by atoms with Crippen molar-refractivity contribution in [2.24, 2.45) is 0 Å². The molecule has 1 aromatic carbocycles. The van der Waals surface area contributed by atoms with Crippen LogP contribution in [0, 0.1) is 6.92 Å². The van der Waals surface area contributed by atoms with Crippen molar-refractivity contribution in [3.8, 4) is 0 Å². The van der Waals surface area contributed by atoms with Gasteiger partial charge in [-0.3, -0.25) is 0 Å². The molecule has 3 nitrogen and oxygen atoms in total. The number of likely N-dealkylation sites (N-methyl/N-ethyl adjacent to an activating group) is 1. The number of benzene rings is 1. The molecular formula is C14H23N3. The number of nitrogens with two attached hydrogens (primary N) is 1. The minimum Gasteiger partial charge on any atom is -0.397 e. The fourth-order valence-electron chi connectivity index (χ4n) is 2.55. The lowest BCUT2D eigenvalue weighted by atomic mass is 10.0.